The highest BCUT2D eigenvalue weighted by Crippen LogP contribution is 2.00. The van der Waals surface area contributed by atoms with Gasteiger partial charge in [0.25, 0.3) is 0 Å². The molecule has 0 radical (unpaired) electrons. The molecule has 0 aromatic heterocycles. The van der Waals surface area contributed by atoms with E-state index in [1.54, 1.807) is 0 Å². The Labute approximate surface area is 73.5 Å². The van der Waals surface area contributed by atoms with Crippen LogP contribution in [0.25, 0.3) is 0 Å². The fourth-order valence-corrected chi connectivity index (χ4v) is 1.33. The van der Waals surface area contributed by atoms with Gasteiger partial charge in [0.1, 0.15) is 0 Å². The Morgan fingerprint density at radius 2 is 2.50 bits per heavy atom. The van der Waals surface area contributed by atoms with E-state index in [1.807, 2.05) is 0 Å². The molecule has 0 aromatic carbocycles. The van der Waals surface area contributed by atoms with E-state index in [0.29, 0.717) is 6.54 Å². The molecule has 12 heavy (non-hydrogen) atoms. The van der Waals surface area contributed by atoms with Crippen LogP contribution in [0.4, 0.5) is 0 Å². The molecule has 0 saturated carbocycles. The lowest BCUT2D eigenvalue weighted by Crippen LogP contribution is -2.45. The monoisotopic (exact) mass is 174 g/mol. The molecule has 1 aliphatic heterocycles. The van der Waals surface area contributed by atoms with Crippen molar-refractivity contribution in [2.24, 2.45) is 0 Å². The van der Waals surface area contributed by atoms with Crippen LogP contribution in [-0.4, -0.2) is 62.6 Å². The van der Waals surface area contributed by atoms with Crippen molar-refractivity contribution in [1.82, 2.24) is 10.2 Å². The molecule has 0 spiro atoms. The Morgan fingerprint density at radius 1 is 1.67 bits per heavy atom. The molecule has 2 N–H and O–H groups in total. The number of ether oxygens (including phenoxy) is 1. The van der Waals surface area contributed by atoms with E-state index in [1.165, 1.54) is 0 Å². The SMILES string of the molecule is CN1CCOC(CNCCO)C1. The average Bonchev–Trinajstić information content (AvgIpc) is 2.05. The van der Waals surface area contributed by atoms with Gasteiger partial charge in [0.15, 0.2) is 0 Å². The molecule has 1 unspecified atom stereocenters. The normalized spacial score (nSPS) is 26.0. The van der Waals surface area contributed by atoms with E-state index in [-0.39, 0.29) is 12.7 Å². The summed E-state index contributed by atoms with van der Waals surface area (Å²) in [6.07, 6.45) is 0.287. The molecule has 4 nitrogen and oxygen atoms in total. The molecule has 0 bridgehead atoms. The first-order valence-corrected chi connectivity index (χ1v) is 4.44. The van der Waals surface area contributed by atoms with Crippen LogP contribution < -0.4 is 5.32 Å². The summed E-state index contributed by atoms with van der Waals surface area (Å²) in [5.74, 6) is 0. The predicted octanol–water partition coefficient (Wildman–Crippen LogP) is -1.10. The second-order valence-corrected chi connectivity index (χ2v) is 3.18. The van der Waals surface area contributed by atoms with Gasteiger partial charge in [0, 0.05) is 26.2 Å². The first kappa shape index (κ1) is 9.92. The van der Waals surface area contributed by atoms with Gasteiger partial charge >= 0.3 is 0 Å². The first-order valence-electron chi connectivity index (χ1n) is 4.44. The number of likely N-dealkylation sites (N-methyl/N-ethyl adjacent to an activating group) is 1. The number of hydrogen-bond donors (Lipinski definition) is 2. The van der Waals surface area contributed by atoms with Gasteiger partial charge in [0.2, 0.25) is 0 Å². The van der Waals surface area contributed by atoms with E-state index in [2.05, 4.69) is 17.3 Å². The summed E-state index contributed by atoms with van der Waals surface area (Å²) in [6.45, 7) is 4.52. The maximum atomic E-state index is 8.53. The van der Waals surface area contributed by atoms with Gasteiger partial charge in [-0.25, -0.2) is 0 Å². The number of rotatable bonds is 4. The second-order valence-electron chi connectivity index (χ2n) is 3.18. The minimum atomic E-state index is 0.197. The van der Waals surface area contributed by atoms with Gasteiger partial charge in [-0.05, 0) is 7.05 Å². The summed E-state index contributed by atoms with van der Waals surface area (Å²) in [6, 6.07) is 0. The van der Waals surface area contributed by atoms with E-state index in [0.717, 1.165) is 26.2 Å². The van der Waals surface area contributed by atoms with Gasteiger partial charge in [-0.1, -0.05) is 0 Å². The van der Waals surface area contributed by atoms with E-state index >= 15 is 0 Å². The molecule has 4 heteroatoms. The molecule has 0 amide bonds. The molecule has 1 rings (SSSR count). The number of morpholine rings is 1. The van der Waals surface area contributed by atoms with Crippen LogP contribution in [0.15, 0.2) is 0 Å². The zero-order valence-corrected chi connectivity index (χ0v) is 7.62. The van der Waals surface area contributed by atoms with Gasteiger partial charge < -0.3 is 20.1 Å². The van der Waals surface area contributed by atoms with Crippen LogP contribution in [-0.2, 0) is 4.74 Å². The third-order valence-corrected chi connectivity index (χ3v) is 2.00. The van der Waals surface area contributed by atoms with Gasteiger partial charge in [0.05, 0.1) is 19.3 Å². The zero-order chi connectivity index (χ0) is 8.81. The highest BCUT2D eigenvalue weighted by atomic mass is 16.5. The standard InChI is InChI=1S/C8H18N2O2/c1-10-3-5-12-8(7-10)6-9-2-4-11/h8-9,11H,2-7H2,1H3. The lowest BCUT2D eigenvalue weighted by atomic mass is 10.3. The molecule has 0 aromatic rings. The van der Waals surface area contributed by atoms with Crippen molar-refractivity contribution in [3.63, 3.8) is 0 Å². The topological polar surface area (TPSA) is 44.7 Å². The maximum Gasteiger partial charge on any atom is 0.0826 e. The van der Waals surface area contributed by atoms with Crippen LogP contribution in [0.1, 0.15) is 0 Å². The number of aliphatic hydroxyl groups is 1. The van der Waals surface area contributed by atoms with Crippen LogP contribution >= 0.6 is 0 Å². The highest BCUT2D eigenvalue weighted by molar-refractivity contribution is 4.70. The van der Waals surface area contributed by atoms with Crippen molar-refractivity contribution in [2.75, 3.05) is 46.4 Å². The van der Waals surface area contributed by atoms with E-state index in [4.69, 9.17) is 9.84 Å². The van der Waals surface area contributed by atoms with Crippen molar-refractivity contribution in [1.29, 1.82) is 0 Å². The van der Waals surface area contributed by atoms with Crippen LogP contribution in [0.3, 0.4) is 0 Å². The summed E-state index contributed by atoms with van der Waals surface area (Å²) in [4.78, 5) is 2.26. The average molecular weight is 174 g/mol. The fourth-order valence-electron chi connectivity index (χ4n) is 1.33. The smallest absolute Gasteiger partial charge is 0.0826 e. The van der Waals surface area contributed by atoms with Crippen molar-refractivity contribution in [3.05, 3.63) is 0 Å². The summed E-state index contributed by atoms with van der Waals surface area (Å²) < 4.78 is 5.51. The van der Waals surface area contributed by atoms with E-state index < -0.39 is 0 Å². The number of aliphatic hydroxyl groups excluding tert-OH is 1. The lowest BCUT2D eigenvalue weighted by Gasteiger charge is -2.30. The molecule has 1 fully saturated rings. The van der Waals surface area contributed by atoms with Crippen molar-refractivity contribution < 1.29 is 9.84 Å². The quantitative estimate of drug-likeness (QED) is 0.531. The second kappa shape index (κ2) is 5.48. The summed E-state index contributed by atoms with van der Waals surface area (Å²) >= 11 is 0. The highest BCUT2D eigenvalue weighted by Gasteiger charge is 2.16. The molecular weight excluding hydrogens is 156 g/mol. The van der Waals surface area contributed by atoms with Crippen molar-refractivity contribution in [2.45, 2.75) is 6.10 Å². The fraction of sp³-hybridized carbons (Fsp3) is 1.00. The minimum Gasteiger partial charge on any atom is -0.395 e. The van der Waals surface area contributed by atoms with Gasteiger partial charge in [-0.3, -0.25) is 0 Å². The molecule has 1 aliphatic rings. The van der Waals surface area contributed by atoms with Crippen LogP contribution in [0, 0.1) is 0 Å². The van der Waals surface area contributed by atoms with Crippen molar-refractivity contribution >= 4 is 0 Å². The summed E-state index contributed by atoms with van der Waals surface area (Å²) in [5, 5.41) is 11.7. The van der Waals surface area contributed by atoms with Gasteiger partial charge in [-0.2, -0.15) is 0 Å². The van der Waals surface area contributed by atoms with Gasteiger partial charge in [-0.15, -0.1) is 0 Å². The number of hydrogen-bond acceptors (Lipinski definition) is 4. The van der Waals surface area contributed by atoms with Crippen LogP contribution in [0.5, 0.6) is 0 Å². The summed E-state index contributed by atoms with van der Waals surface area (Å²) in [7, 11) is 2.10. The Morgan fingerprint density at radius 3 is 3.17 bits per heavy atom. The van der Waals surface area contributed by atoms with Crippen LogP contribution in [0.2, 0.25) is 0 Å². The number of nitrogens with one attached hydrogen (secondary N) is 1. The molecular formula is C8H18N2O2. The molecule has 0 aliphatic carbocycles. The Bertz CT molecular complexity index is 122. The number of nitrogens with zero attached hydrogens (tertiary/aromatic N) is 1. The first-order chi connectivity index (χ1) is 5.83. The molecule has 72 valence electrons. The van der Waals surface area contributed by atoms with Crippen molar-refractivity contribution in [3.8, 4) is 0 Å². The Hall–Kier alpha value is -0.160. The van der Waals surface area contributed by atoms with E-state index in [9.17, 15) is 0 Å². The zero-order valence-electron chi connectivity index (χ0n) is 7.62. The molecule has 1 heterocycles. The molecule has 1 saturated heterocycles. The predicted molar refractivity (Wildman–Crippen MR) is 47.2 cm³/mol. The summed E-state index contributed by atoms with van der Waals surface area (Å²) in [5.41, 5.74) is 0. The Kier molecular flexibility index (Phi) is 4.53. The third-order valence-electron chi connectivity index (χ3n) is 2.00. The third kappa shape index (κ3) is 3.49. The largest absolute Gasteiger partial charge is 0.395 e. The maximum absolute atomic E-state index is 8.53. The molecule has 1 atom stereocenters. The minimum absolute atomic E-state index is 0.197. The Balaban J connectivity index is 2.06. The lowest BCUT2D eigenvalue weighted by molar-refractivity contribution is -0.0183.